The predicted octanol–water partition coefficient (Wildman–Crippen LogP) is 1.33. The van der Waals surface area contributed by atoms with Crippen molar-refractivity contribution in [2.75, 3.05) is 13.7 Å². The molecule has 1 amide bonds. The molecule has 3 nitrogen and oxygen atoms in total. The van der Waals surface area contributed by atoms with E-state index >= 15 is 0 Å². The fourth-order valence-electron chi connectivity index (χ4n) is 2.92. The molecule has 1 aliphatic heterocycles. The molecule has 1 unspecified atom stereocenters. The van der Waals surface area contributed by atoms with Crippen molar-refractivity contribution in [2.24, 2.45) is 11.3 Å². The number of methoxy groups -OCH3 is 1. The van der Waals surface area contributed by atoms with E-state index in [2.05, 4.69) is 19.2 Å². The number of carbonyl (C=O) groups is 1. The Kier molecular flexibility index (Phi) is 2.11. The molecule has 1 aliphatic carbocycles. The van der Waals surface area contributed by atoms with Crippen LogP contribution >= 0.6 is 0 Å². The van der Waals surface area contributed by atoms with Gasteiger partial charge < -0.3 is 10.1 Å². The largest absolute Gasteiger partial charge is 0.384 e. The van der Waals surface area contributed by atoms with E-state index in [1.54, 1.807) is 7.11 Å². The molecule has 0 aromatic heterocycles. The van der Waals surface area contributed by atoms with Crippen molar-refractivity contribution in [3.05, 3.63) is 0 Å². The quantitative estimate of drug-likeness (QED) is 0.741. The third-order valence-electron chi connectivity index (χ3n) is 3.93. The van der Waals surface area contributed by atoms with Gasteiger partial charge in [-0.15, -0.1) is 0 Å². The monoisotopic (exact) mass is 197 g/mol. The minimum atomic E-state index is -0.110. The van der Waals surface area contributed by atoms with Crippen LogP contribution in [0.3, 0.4) is 0 Å². The summed E-state index contributed by atoms with van der Waals surface area (Å²) in [5.41, 5.74) is -0.0694. The smallest absolute Gasteiger partial charge is 0.221 e. The molecule has 14 heavy (non-hydrogen) atoms. The molecule has 2 aliphatic rings. The summed E-state index contributed by atoms with van der Waals surface area (Å²) in [6.07, 6.45) is 3.14. The predicted molar refractivity (Wildman–Crippen MR) is 53.9 cm³/mol. The molecule has 0 radical (unpaired) electrons. The fourth-order valence-corrected chi connectivity index (χ4v) is 2.92. The summed E-state index contributed by atoms with van der Waals surface area (Å²) in [6, 6.07) is 0. The number of amides is 1. The third kappa shape index (κ3) is 1.26. The molecule has 0 aromatic rings. The molecule has 1 N–H and O–H groups in total. The molecule has 1 saturated heterocycles. The molecule has 2 fully saturated rings. The van der Waals surface area contributed by atoms with Crippen molar-refractivity contribution < 1.29 is 9.53 Å². The summed E-state index contributed by atoms with van der Waals surface area (Å²) >= 11 is 0. The molecule has 3 heteroatoms. The maximum atomic E-state index is 11.5. The minimum Gasteiger partial charge on any atom is -0.384 e. The number of carbonyl (C=O) groups excluding carboxylic acids is 1. The van der Waals surface area contributed by atoms with E-state index in [-0.39, 0.29) is 16.9 Å². The molecule has 80 valence electrons. The second-order valence-electron chi connectivity index (χ2n) is 5.21. The van der Waals surface area contributed by atoms with Gasteiger partial charge in [-0.05, 0) is 32.6 Å². The van der Waals surface area contributed by atoms with Crippen LogP contribution in [0.2, 0.25) is 0 Å². The van der Waals surface area contributed by atoms with E-state index in [1.165, 1.54) is 12.8 Å². The number of rotatable bonds is 3. The topological polar surface area (TPSA) is 38.3 Å². The van der Waals surface area contributed by atoms with Crippen molar-refractivity contribution in [1.82, 2.24) is 5.32 Å². The Bertz CT molecular complexity index is 258. The molecule has 0 bridgehead atoms. The fraction of sp³-hybridized carbons (Fsp3) is 0.909. The zero-order chi connectivity index (χ0) is 10.4. The average Bonchev–Trinajstić information content (AvgIpc) is 2.80. The van der Waals surface area contributed by atoms with Crippen molar-refractivity contribution >= 4 is 5.91 Å². The first-order valence-electron chi connectivity index (χ1n) is 5.32. The minimum absolute atomic E-state index is 0.0405. The second-order valence-corrected chi connectivity index (χ2v) is 5.21. The third-order valence-corrected chi connectivity index (χ3v) is 3.93. The lowest BCUT2D eigenvalue weighted by Crippen LogP contribution is -2.50. The lowest BCUT2D eigenvalue weighted by molar-refractivity contribution is -0.120. The van der Waals surface area contributed by atoms with Gasteiger partial charge in [0, 0.05) is 24.5 Å². The van der Waals surface area contributed by atoms with Crippen LogP contribution in [-0.2, 0) is 9.53 Å². The second kappa shape index (κ2) is 2.96. The van der Waals surface area contributed by atoms with Gasteiger partial charge in [-0.2, -0.15) is 0 Å². The van der Waals surface area contributed by atoms with Gasteiger partial charge in [0.15, 0.2) is 0 Å². The maximum Gasteiger partial charge on any atom is 0.221 e. The Labute approximate surface area is 85.2 Å². The Morgan fingerprint density at radius 3 is 2.50 bits per heavy atom. The highest BCUT2D eigenvalue weighted by Crippen LogP contribution is 2.56. The van der Waals surface area contributed by atoms with Gasteiger partial charge in [0.25, 0.3) is 0 Å². The Morgan fingerprint density at radius 2 is 2.14 bits per heavy atom. The van der Waals surface area contributed by atoms with Crippen LogP contribution < -0.4 is 5.32 Å². The van der Waals surface area contributed by atoms with E-state index in [9.17, 15) is 4.79 Å². The molecule has 1 atom stereocenters. The van der Waals surface area contributed by atoms with Gasteiger partial charge in [0.1, 0.15) is 0 Å². The van der Waals surface area contributed by atoms with Crippen molar-refractivity contribution in [3.8, 4) is 0 Å². The van der Waals surface area contributed by atoms with Crippen LogP contribution in [0.15, 0.2) is 0 Å². The first-order valence-corrected chi connectivity index (χ1v) is 5.32. The van der Waals surface area contributed by atoms with Crippen molar-refractivity contribution in [3.63, 3.8) is 0 Å². The lowest BCUT2D eigenvalue weighted by Gasteiger charge is -2.40. The SMILES string of the molecule is COCC1(C2CC2)CC(=O)NC1(C)C. The highest BCUT2D eigenvalue weighted by Gasteiger charge is 2.59. The van der Waals surface area contributed by atoms with E-state index in [0.717, 1.165) is 0 Å². The first kappa shape index (κ1) is 9.97. The normalized spacial score (nSPS) is 35.8. The van der Waals surface area contributed by atoms with E-state index in [1.807, 2.05) is 0 Å². The number of hydrogen-bond acceptors (Lipinski definition) is 2. The highest BCUT2D eigenvalue weighted by atomic mass is 16.5. The molecular weight excluding hydrogens is 178 g/mol. The molecule has 0 aromatic carbocycles. The van der Waals surface area contributed by atoms with Gasteiger partial charge >= 0.3 is 0 Å². The van der Waals surface area contributed by atoms with Crippen molar-refractivity contribution in [1.29, 1.82) is 0 Å². The molecule has 1 saturated carbocycles. The average molecular weight is 197 g/mol. The Hall–Kier alpha value is -0.570. The highest BCUT2D eigenvalue weighted by molar-refractivity contribution is 5.81. The summed E-state index contributed by atoms with van der Waals surface area (Å²) in [5.74, 6) is 0.857. The van der Waals surface area contributed by atoms with E-state index in [4.69, 9.17) is 4.74 Å². The van der Waals surface area contributed by atoms with Crippen LogP contribution in [0.25, 0.3) is 0 Å². The maximum absolute atomic E-state index is 11.5. The molecule has 1 heterocycles. The standard InChI is InChI=1S/C11H19NO2/c1-10(2)11(7-14-3,8-4-5-8)6-9(13)12-10/h8H,4-7H2,1-3H3,(H,12,13). The van der Waals surface area contributed by atoms with Crippen LogP contribution in [0, 0.1) is 11.3 Å². The lowest BCUT2D eigenvalue weighted by atomic mass is 9.69. The summed E-state index contributed by atoms with van der Waals surface area (Å²) in [6.45, 7) is 4.94. The van der Waals surface area contributed by atoms with Crippen LogP contribution in [0.5, 0.6) is 0 Å². The van der Waals surface area contributed by atoms with E-state index < -0.39 is 0 Å². The molecule has 2 rings (SSSR count). The van der Waals surface area contributed by atoms with Gasteiger partial charge in [0.2, 0.25) is 5.91 Å². The Balaban J connectivity index is 2.28. The van der Waals surface area contributed by atoms with Gasteiger partial charge in [-0.3, -0.25) is 4.79 Å². The Morgan fingerprint density at radius 1 is 1.50 bits per heavy atom. The number of nitrogens with one attached hydrogen (secondary N) is 1. The summed E-state index contributed by atoms with van der Waals surface area (Å²) in [4.78, 5) is 11.5. The van der Waals surface area contributed by atoms with Crippen LogP contribution in [0.1, 0.15) is 33.1 Å². The van der Waals surface area contributed by atoms with Crippen LogP contribution in [-0.4, -0.2) is 25.2 Å². The summed E-state index contributed by atoms with van der Waals surface area (Å²) < 4.78 is 5.32. The zero-order valence-electron chi connectivity index (χ0n) is 9.22. The van der Waals surface area contributed by atoms with E-state index in [0.29, 0.717) is 18.9 Å². The molecule has 0 spiro atoms. The first-order chi connectivity index (χ1) is 6.52. The number of hydrogen-bond donors (Lipinski definition) is 1. The van der Waals surface area contributed by atoms with Crippen LogP contribution in [0.4, 0.5) is 0 Å². The van der Waals surface area contributed by atoms with Gasteiger partial charge in [0.05, 0.1) is 6.61 Å². The van der Waals surface area contributed by atoms with Gasteiger partial charge in [-0.1, -0.05) is 0 Å². The molecular formula is C11H19NO2. The number of ether oxygens (including phenoxy) is 1. The van der Waals surface area contributed by atoms with Gasteiger partial charge in [-0.25, -0.2) is 0 Å². The van der Waals surface area contributed by atoms with Crippen molar-refractivity contribution in [2.45, 2.75) is 38.6 Å². The summed E-state index contributed by atoms with van der Waals surface area (Å²) in [7, 11) is 1.73. The summed E-state index contributed by atoms with van der Waals surface area (Å²) in [5, 5.41) is 3.07. The zero-order valence-corrected chi connectivity index (χ0v) is 9.22.